The molecule has 0 spiro atoms. The second kappa shape index (κ2) is 4.41. The van der Waals surface area contributed by atoms with Gasteiger partial charge < -0.3 is 5.11 Å². The molecule has 3 fully saturated rings. The Balaban J connectivity index is 1.77. The first-order chi connectivity index (χ1) is 10.4. The number of carbonyl (C=O) groups is 2. The lowest BCUT2D eigenvalue weighted by Gasteiger charge is -2.57. The molecule has 118 valence electrons. The van der Waals surface area contributed by atoms with E-state index in [2.05, 4.69) is 13.8 Å². The minimum atomic E-state index is -0.458. The molecule has 3 nitrogen and oxygen atoms in total. The third kappa shape index (κ3) is 1.66. The van der Waals surface area contributed by atoms with E-state index in [1.165, 1.54) is 5.57 Å². The molecule has 22 heavy (non-hydrogen) atoms. The van der Waals surface area contributed by atoms with Gasteiger partial charge in [0.15, 0.2) is 5.78 Å². The highest BCUT2D eigenvalue weighted by atomic mass is 16.3. The second-order valence-electron chi connectivity index (χ2n) is 8.17. The molecule has 3 unspecified atom stereocenters. The molecule has 0 aromatic rings. The molecule has 0 aromatic heterocycles. The Labute approximate surface area is 131 Å². The van der Waals surface area contributed by atoms with Crippen LogP contribution in [0.5, 0.6) is 0 Å². The van der Waals surface area contributed by atoms with Crippen molar-refractivity contribution in [2.24, 2.45) is 28.6 Å². The SMILES string of the molecule is C[C@]12C=CC(=O)C=C1CCC1C2[C@@H](O)C[C@]2(C)C(=O)CCC12. The number of hydrogen-bond acceptors (Lipinski definition) is 3. The highest BCUT2D eigenvalue weighted by Crippen LogP contribution is 2.63. The molecule has 4 rings (SSSR count). The van der Waals surface area contributed by atoms with Gasteiger partial charge in [-0.1, -0.05) is 25.5 Å². The van der Waals surface area contributed by atoms with Gasteiger partial charge in [-0.15, -0.1) is 0 Å². The highest BCUT2D eigenvalue weighted by molar-refractivity contribution is 6.01. The van der Waals surface area contributed by atoms with Crippen LogP contribution >= 0.6 is 0 Å². The van der Waals surface area contributed by atoms with E-state index in [4.69, 9.17) is 0 Å². The number of hydrogen-bond donors (Lipinski definition) is 1. The predicted octanol–water partition coefficient (Wildman–Crippen LogP) is 2.83. The van der Waals surface area contributed by atoms with E-state index in [0.717, 1.165) is 19.3 Å². The maximum absolute atomic E-state index is 12.4. The summed E-state index contributed by atoms with van der Waals surface area (Å²) in [6.45, 7) is 4.24. The zero-order chi connectivity index (χ0) is 15.7. The van der Waals surface area contributed by atoms with Crippen molar-refractivity contribution >= 4 is 11.6 Å². The molecule has 0 amide bonds. The van der Waals surface area contributed by atoms with E-state index in [-0.39, 0.29) is 22.5 Å². The number of fused-ring (bicyclic) bond motifs is 5. The molecule has 3 saturated carbocycles. The van der Waals surface area contributed by atoms with Gasteiger partial charge in [-0.05, 0) is 49.7 Å². The Kier molecular flexibility index (Phi) is 2.88. The van der Waals surface area contributed by atoms with Gasteiger partial charge in [0.25, 0.3) is 0 Å². The second-order valence-corrected chi connectivity index (χ2v) is 8.17. The van der Waals surface area contributed by atoms with Crippen LogP contribution in [-0.2, 0) is 9.59 Å². The molecular formula is C19H24O3. The van der Waals surface area contributed by atoms with E-state index in [9.17, 15) is 14.7 Å². The number of rotatable bonds is 0. The molecule has 0 aliphatic heterocycles. The fraction of sp³-hybridized carbons (Fsp3) is 0.684. The molecule has 0 radical (unpaired) electrons. The number of ketones is 2. The number of carbonyl (C=O) groups excluding carboxylic acids is 2. The summed E-state index contributed by atoms with van der Waals surface area (Å²) >= 11 is 0. The summed E-state index contributed by atoms with van der Waals surface area (Å²) in [5.74, 6) is 1.34. The van der Waals surface area contributed by atoms with Crippen molar-refractivity contribution in [3.8, 4) is 0 Å². The van der Waals surface area contributed by atoms with Crippen LogP contribution < -0.4 is 0 Å². The Morgan fingerprint density at radius 3 is 2.73 bits per heavy atom. The first-order valence-corrected chi connectivity index (χ1v) is 8.52. The topological polar surface area (TPSA) is 54.4 Å². The highest BCUT2D eigenvalue weighted by Gasteiger charge is 2.61. The smallest absolute Gasteiger partial charge is 0.178 e. The van der Waals surface area contributed by atoms with Crippen LogP contribution in [0.15, 0.2) is 23.8 Å². The molecule has 4 aliphatic carbocycles. The fourth-order valence-electron chi connectivity index (χ4n) is 6.10. The third-order valence-corrected chi connectivity index (χ3v) is 7.21. The lowest BCUT2D eigenvalue weighted by Crippen LogP contribution is -2.55. The number of Topliss-reactive ketones (excluding diaryl/α,β-unsaturated/α-hetero) is 1. The molecule has 0 aromatic carbocycles. The average molecular weight is 300 g/mol. The zero-order valence-electron chi connectivity index (χ0n) is 13.3. The van der Waals surface area contributed by atoms with Crippen LogP contribution in [0, 0.1) is 28.6 Å². The Hall–Kier alpha value is -1.22. The molecule has 4 aliphatic rings. The van der Waals surface area contributed by atoms with Crippen LogP contribution in [0.2, 0.25) is 0 Å². The van der Waals surface area contributed by atoms with E-state index >= 15 is 0 Å². The fourth-order valence-corrected chi connectivity index (χ4v) is 6.10. The minimum absolute atomic E-state index is 0.0668. The summed E-state index contributed by atoms with van der Waals surface area (Å²) in [5, 5.41) is 10.9. The first-order valence-electron chi connectivity index (χ1n) is 8.52. The van der Waals surface area contributed by atoms with Crippen molar-refractivity contribution < 1.29 is 14.7 Å². The van der Waals surface area contributed by atoms with Gasteiger partial charge in [0.1, 0.15) is 5.78 Å². The average Bonchev–Trinajstić information content (AvgIpc) is 2.75. The van der Waals surface area contributed by atoms with Crippen molar-refractivity contribution in [3.05, 3.63) is 23.8 Å². The standard InChI is InChI=1S/C19H24O3/c1-18-8-7-12(20)9-11(18)3-4-13-14-5-6-16(22)19(14,2)10-15(21)17(13)18/h7-9,13-15,17,21H,3-6,10H2,1-2H3/t13?,14?,15-,17?,18-,19-/m0/s1. The number of allylic oxidation sites excluding steroid dienone is 4. The Morgan fingerprint density at radius 2 is 1.95 bits per heavy atom. The van der Waals surface area contributed by atoms with E-state index in [1.807, 2.05) is 6.08 Å². The minimum Gasteiger partial charge on any atom is -0.393 e. The van der Waals surface area contributed by atoms with E-state index < -0.39 is 6.10 Å². The maximum Gasteiger partial charge on any atom is 0.178 e. The molecular weight excluding hydrogens is 276 g/mol. The molecule has 1 N–H and O–H groups in total. The molecule has 3 heteroatoms. The van der Waals surface area contributed by atoms with Gasteiger partial charge in [0.2, 0.25) is 0 Å². The quantitative estimate of drug-likeness (QED) is 0.748. The summed E-state index contributed by atoms with van der Waals surface area (Å²) in [7, 11) is 0. The van der Waals surface area contributed by atoms with Gasteiger partial charge in [0.05, 0.1) is 6.10 Å². The molecule has 6 atom stereocenters. The van der Waals surface area contributed by atoms with Crippen LogP contribution in [-0.4, -0.2) is 22.8 Å². The van der Waals surface area contributed by atoms with Crippen molar-refractivity contribution in [2.75, 3.05) is 0 Å². The number of aliphatic hydroxyl groups is 1. The van der Waals surface area contributed by atoms with Gasteiger partial charge in [0, 0.05) is 23.2 Å². The van der Waals surface area contributed by atoms with Gasteiger partial charge >= 0.3 is 0 Å². The maximum atomic E-state index is 12.4. The summed E-state index contributed by atoms with van der Waals surface area (Å²) in [6, 6.07) is 0. The van der Waals surface area contributed by atoms with Crippen molar-refractivity contribution in [2.45, 2.75) is 52.1 Å². The molecule has 0 saturated heterocycles. The molecule has 0 bridgehead atoms. The van der Waals surface area contributed by atoms with Gasteiger partial charge in [-0.25, -0.2) is 0 Å². The summed E-state index contributed by atoms with van der Waals surface area (Å²) in [6.07, 6.45) is 9.14. The van der Waals surface area contributed by atoms with Crippen LogP contribution in [0.3, 0.4) is 0 Å². The third-order valence-electron chi connectivity index (χ3n) is 7.21. The van der Waals surface area contributed by atoms with E-state index in [1.54, 1.807) is 12.2 Å². The lowest BCUT2D eigenvalue weighted by molar-refractivity contribution is -0.142. The monoisotopic (exact) mass is 300 g/mol. The van der Waals surface area contributed by atoms with Crippen molar-refractivity contribution in [1.29, 1.82) is 0 Å². The zero-order valence-corrected chi connectivity index (χ0v) is 13.3. The number of aliphatic hydroxyl groups excluding tert-OH is 1. The summed E-state index contributed by atoms with van der Waals surface area (Å²) in [5.41, 5.74) is 0.628. The Bertz CT molecular complexity index is 616. The molecule has 0 heterocycles. The summed E-state index contributed by atoms with van der Waals surface area (Å²) in [4.78, 5) is 24.1. The first kappa shape index (κ1) is 14.4. The van der Waals surface area contributed by atoms with Gasteiger partial charge in [-0.3, -0.25) is 9.59 Å². The summed E-state index contributed by atoms with van der Waals surface area (Å²) < 4.78 is 0. The van der Waals surface area contributed by atoms with Crippen molar-refractivity contribution in [3.63, 3.8) is 0 Å². The van der Waals surface area contributed by atoms with Gasteiger partial charge in [-0.2, -0.15) is 0 Å². The Morgan fingerprint density at radius 1 is 1.18 bits per heavy atom. The lowest BCUT2D eigenvalue weighted by atomic mass is 9.47. The predicted molar refractivity (Wildman–Crippen MR) is 83.0 cm³/mol. The normalized spacial score (nSPS) is 50.2. The van der Waals surface area contributed by atoms with Crippen LogP contribution in [0.25, 0.3) is 0 Å². The van der Waals surface area contributed by atoms with E-state index in [0.29, 0.717) is 30.5 Å². The van der Waals surface area contributed by atoms with Crippen LogP contribution in [0.4, 0.5) is 0 Å². The van der Waals surface area contributed by atoms with Crippen LogP contribution in [0.1, 0.15) is 46.0 Å². The largest absolute Gasteiger partial charge is 0.393 e. The van der Waals surface area contributed by atoms with Crippen molar-refractivity contribution in [1.82, 2.24) is 0 Å².